The molecule has 1 aromatic heterocycles. The maximum atomic E-state index is 12.6. The van der Waals surface area contributed by atoms with E-state index in [1.807, 2.05) is 32.0 Å². The number of aromatic nitrogens is 1. The molecule has 3 rings (SSSR count). The molecule has 2 fully saturated rings. The van der Waals surface area contributed by atoms with E-state index in [0.717, 1.165) is 57.6 Å². The van der Waals surface area contributed by atoms with Crippen molar-refractivity contribution in [2.24, 2.45) is 5.92 Å². The highest BCUT2D eigenvalue weighted by molar-refractivity contribution is 5.79. The van der Waals surface area contributed by atoms with E-state index in [9.17, 15) is 9.59 Å². The largest absolute Gasteiger partial charge is 0.353 e. The first-order chi connectivity index (χ1) is 14.0. The van der Waals surface area contributed by atoms with Gasteiger partial charge in [-0.05, 0) is 58.2 Å². The van der Waals surface area contributed by atoms with Gasteiger partial charge in [-0.3, -0.25) is 24.4 Å². The molecule has 3 heterocycles. The number of rotatable bonds is 7. The Morgan fingerprint density at radius 1 is 1.17 bits per heavy atom. The van der Waals surface area contributed by atoms with Gasteiger partial charge < -0.3 is 10.6 Å². The highest BCUT2D eigenvalue weighted by atomic mass is 16.2. The van der Waals surface area contributed by atoms with Crippen molar-refractivity contribution in [3.63, 3.8) is 0 Å². The smallest absolute Gasteiger partial charge is 0.234 e. The molecule has 0 spiro atoms. The van der Waals surface area contributed by atoms with Crippen molar-refractivity contribution in [2.75, 3.05) is 32.7 Å². The molecule has 2 N–H and O–H groups in total. The Morgan fingerprint density at radius 2 is 1.97 bits per heavy atom. The van der Waals surface area contributed by atoms with Crippen molar-refractivity contribution in [3.8, 4) is 0 Å². The molecule has 2 aliphatic rings. The van der Waals surface area contributed by atoms with Crippen LogP contribution in [0.5, 0.6) is 0 Å². The predicted molar refractivity (Wildman–Crippen MR) is 113 cm³/mol. The zero-order valence-electron chi connectivity index (χ0n) is 17.8. The van der Waals surface area contributed by atoms with Crippen molar-refractivity contribution in [1.29, 1.82) is 0 Å². The maximum absolute atomic E-state index is 12.6. The molecule has 2 amide bonds. The summed E-state index contributed by atoms with van der Waals surface area (Å²) < 4.78 is 0. The summed E-state index contributed by atoms with van der Waals surface area (Å²) in [6, 6.07) is 6.46. The Balaban J connectivity index is 1.41. The normalized spacial score (nSPS) is 21.8. The Labute approximate surface area is 174 Å². The number of carbonyl (C=O) groups excluding carboxylic acids is 2. The third-order valence-corrected chi connectivity index (χ3v) is 5.88. The van der Waals surface area contributed by atoms with E-state index in [0.29, 0.717) is 19.1 Å². The van der Waals surface area contributed by atoms with Crippen molar-refractivity contribution >= 4 is 11.8 Å². The second-order valence-electron chi connectivity index (χ2n) is 8.60. The van der Waals surface area contributed by atoms with Gasteiger partial charge in [0.25, 0.3) is 0 Å². The predicted octanol–water partition coefficient (Wildman–Crippen LogP) is 1.40. The zero-order valence-corrected chi connectivity index (χ0v) is 17.8. The molecule has 0 aliphatic carbocycles. The Morgan fingerprint density at radius 3 is 2.66 bits per heavy atom. The number of hydrogen-bond acceptors (Lipinski definition) is 5. The zero-order chi connectivity index (χ0) is 20.6. The second-order valence-corrected chi connectivity index (χ2v) is 8.60. The lowest BCUT2D eigenvalue weighted by atomic mass is 9.93. The van der Waals surface area contributed by atoms with Crippen LogP contribution in [0.25, 0.3) is 0 Å². The molecule has 1 atom stereocenters. The van der Waals surface area contributed by atoms with Crippen molar-refractivity contribution in [3.05, 3.63) is 30.1 Å². The van der Waals surface area contributed by atoms with Crippen LogP contribution in [0.1, 0.15) is 45.2 Å². The molecule has 0 saturated carbocycles. The van der Waals surface area contributed by atoms with Crippen LogP contribution in [-0.4, -0.2) is 71.4 Å². The second kappa shape index (κ2) is 10.7. The molecule has 2 saturated heterocycles. The number of likely N-dealkylation sites (tertiary alicyclic amines) is 2. The van der Waals surface area contributed by atoms with E-state index >= 15 is 0 Å². The van der Waals surface area contributed by atoms with E-state index in [-0.39, 0.29) is 23.8 Å². The molecular formula is C22H35N5O2. The van der Waals surface area contributed by atoms with Gasteiger partial charge in [-0.2, -0.15) is 0 Å². The molecule has 160 valence electrons. The maximum Gasteiger partial charge on any atom is 0.234 e. The summed E-state index contributed by atoms with van der Waals surface area (Å²) in [5, 5.41) is 6.02. The minimum absolute atomic E-state index is 0.0577. The van der Waals surface area contributed by atoms with Crippen molar-refractivity contribution in [1.82, 2.24) is 25.4 Å². The Bertz CT molecular complexity index is 658. The van der Waals surface area contributed by atoms with E-state index < -0.39 is 0 Å². The van der Waals surface area contributed by atoms with Crippen LogP contribution < -0.4 is 10.6 Å². The van der Waals surface area contributed by atoms with Crippen LogP contribution >= 0.6 is 0 Å². The minimum Gasteiger partial charge on any atom is -0.353 e. The summed E-state index contributed by atoms with van der Waals surface area (Å²) in [6.07, 6.45) is 5.91. The lowest BCUT2D eigenvalue weighted by Gasteiger charge is -2.41. The minimum atomic E-state index is 0.0577. The average molecular weight is 402 g/mol. The number of pyridine rings is 1. The number of nitrogens with one attached hydrogen (secondary N) is 2. The quantitative estimate of drug-likeness (QED) is 0.722. The molecule has 0 unspecified atom stereocenters. The summed E-state index contributed by atoms with van der Waals surface area (Å²) in [5.74, 6) is 0.312. The molecule has 0 radical (unpaired) electrons. The number of piperidine rings is 2. The molecule has 1 aromatic rings. The summed E-state index contributed by atoms with van der Waals surface area (Å²) in [5.41, 5.74) is 0.891. The lowest BCUT2D eigenvalue weighted by Crippen LogP contribution is -2.52. The van der Waals surface area contributed by atoms with E-state index in [2.05, 4.69) is 25.4 Å². The first-order valence-electron chi connectivity index (χ1n) is 10.9. The number of amides is 2. The summed E-state index contributed by atoms with van der Waals surface area (Å²) in [7, 11) is 0. The summed E-state index contributed by atoms with van der Waals surface area (Å²) in [4.78, 5) is 33.6. The molecule has 7 nitrogen and oxygen atoms in total. The standard InChI is InChI=1S/C22H35N5O2/c1-17(2)25-21(28)16-26-12-8-20(9-13-26)27-11-5-6-18(15-27)22(29)24-14-19-7-3-4-10-23-19/h3-4,7,10,17-18,20H,5-6,8-9,11-16H2,1-2H3,(H,24,29)(H,25,28)/t18-/m0/s1. The first kappa shape index (κ1) is 21.7. The number of carbonyl (C=O) groups is 2. The van der Waals surface area contributed by atoms with Gasteiger partial charge in [0.1, 0.15) is 0 Å². The van der Waals surface area contributed by atoms with Crippen LogP contribution in [0.3, 0.4) is 0 Å². The highest BCUT2D eigenvalue weighted by Gasteiger charge is 2.31. The van der Waals surface area contributed by atoms with Crippen LogP contribution in [-0.2, 0) is 16.1 Å². The van der Waals surface area contributed by atoms with E-state index in [1.165, 1.54) is 0 Å². The van der Waals surface area contributed by atoms with Crippen molar-refractivity contribution in [2.45, 2.75) is 58.2 Å². The molecule has 7 heteroatoms. The van der Waals surface area contributed by atoms with E-state index in [4.69, 9.17) is 0 Å². The summed E-state index contributed by atoms with van der Waals surface area (Å²) >= 11 is 0. The van der Waals surface area contributed by atoms with Crippen LogP contribution in [0.2, 0.25) is 0 Å². The van der Waals surface area contributed by atoms with Gasteiger partial charge >= 0.3 is 0 Å². The molecule has 29 heavy (non-hydrogen) atoms. The molecule has 2 aliphatic heterocycles. The molecular weight excluding hydrogens is 366 g/mol. The number of nitrogens with zero attached hydrogens (tertiary/aromatic N) is 3. The van der Waals surface area contributed by atoms with Gasteiger partial charge in [0.05, 0.1) is 24.7 Å². The Kier molecular flexibility index (Phi) is 8.00. The summed E-state index contributed by atoms with van der Waals surface area (Å²) in [6.45, 7) is 8.77. The van der Waals surface area contributed by atoms with Crippen LogP contribution in [0, 0.1) is 5.92 Å². The third kappa shape index (κ3) is 6.78. The number of hydrogen-bond donors (Lipinski definition) is 2. The van der Waals surface area contributed by atoms with Crippen LogP contribution in [0.15, 0.2) is 24.4 Å². The van der Waals surface area contributed by atoms with Gasteiger partial charge in [0, 0.05) is 37.9 Å². The van der Waals surface area contributed by atoms with Crippen LogP contribution in [0.4, 0.5) is 0 Å². The van der Waals surface area contributed by atoms with Crippen molar-refractivity contribution < 1.29 is 9.59 Å². The van der Waals surface area contributed by atoms with Gasteiger partial charge in [-0.1, -0.05) is 6.07 Å². The molecule has 0 bridgehead atoms. The topological polar surface area (TPSA) is 77.6 Å². The van der Waals surface area contributed by atoms with Gasteiger partial charge in [0.2, 0.25) is 11.8 Å². The molecule has 0 aromatic carbocycles. The fourth-order valence-electron chi connectivity index (χ4n) is 4.39. The lowest BCUT2D eigenvalue weighted by molar-refractivity contribution is -0.127. The SMILES string of the molecule is CC(C)NC(=O)CN1CCC(N2CCC[C@H](C(=O)NCc3ccccn3)C2)CC1. The monoisotopic (exact) mass is 401 g/mol. The fraction of sp³-hybridized carbons (Fsp3) is 0.682. The van der Waals surface area contributed by atoms with Gasteiger partial charge in [-0.15, -0.1) is 0 Å². The van der Waals surface area contributed by atoms with Gasteiger partial charge in [0.15, 0.2) is 0 Å². The van der Waals surface area contributed by atoms with Gasteiger partial charge in [-0.25, -0.2) is 0 Å². The fourth-order valence-corrected chi connectivity index (χ4v) is 4.39. The average Bonchev–Trinajstić information content (AvgIpc) is 2.73. The highest BCUT2D eigenvalue weighted by Crippen LogP contribution is 2.24. The van der Waals surface area contributed by atoms with E-state index in [1.54, 1.807) is 6.20 Å². The third-order valence-electron chi connectivity index (χ3n) is 5.88. The first-order valence-corrected chi connectivity index (χ1v) is 10.9. The Hall–Kier alpha value is -1.99.